The molecule has 122 valence electrons. The van der Waals surface area contributed by atoms with Crippen molar-refractivity contribution in [1.82, 2.24) is 15.5 Å². The first-order chi connectivity index (χ1) is 10.4. The van der Waals surface area contributed by atoms with Crippen LogP contribution in [0, 0.1) is 0 Å². The normalized spacial score (nSPS) is 20.6. The van der Waals surface area contributed by atoms with Crippen molar-refractivity contribution in [2.24, 2.45) is 0 Å². The van der Waals surface area contributed by atoms with E-state index in [1.165, 1.54) is 0 Å². The number of carbonyl (C=O) groups excluding carboxylic acids is 1. The van der Waals surface area contributed by atoms with Gasteiger partial charge in [-0.3, -0.25) is 4.79 Å². The monoisotopic (exact) mass is 323 g/mol. The van der Waals surface area contributed by atoms with Crippen LogP contribution in [0.5, 0.6) is 0 Å². The summed E-state index contributed by atoms with van der Waals surface area (Å²) in [5, 5.41) is 7.01. The summed E-state index contributed by atoms with van der Waals surface area (Å²) < 4.78 is 5.18. The molecule has 1 amide bonds. The summed E-state index contributed by atoms with van der Waals surface area (Å²) in [7, 11) is 0. The molecule has 1 aliphatic rings. The topological polar surface area (TPSA) is 57.5 Å². The third kappa shape index (κ3) is 4.73. The molecule has 2 rings (SSSR count). The Balaban J connectivity index is 1.69. The van der Waals surface area contributed by atoms with Gasteiger partial charge in [-0.15, -0.1) is 0 Å². The van der Waals surface area contributed by atoms with Crippen LogP contribution in [-0.4, -0.2) is 34.0 Å². The molecular weight excluding hydrogens is 298 g/mol. The second-order valence-corrected chi connectivity index (χ2v) is 6.91. The summed E-state index contributed by atoms with van der Waals surface area (Å²) in [4.78, 5) is 14.0. The Kier molecular flexibility index (Phi) is 5.45. The molecular formula is C16H25N3O2S. The molecule has 6 heteroatoms. The Hall–Kier alpha value is -1.56. The lowest BCUT2D eigenvalue weighted by Crippen LogP contribution is -2.60. The van der Waals surface area contributed by atoms with Gasteiger partial charge in [0.2, 0.25) is 5.91 Å². The van der Waals surface area contributed by atoms with E-state index in [0.717, 1.165) is 30.3 Å². The number of rotatable bonds is 6. The molecule has 1 fully saturated rings. The number of thiocarbonyl (C=S) groups is 1. The van der Waals surface area contributed by atoms with Crippen molar-refractivity contribution in [2.75, 3.05) is 6.54 Å². The second-order valence-electron chi connectivity index (χ2n) is 6.52. The Labute approximate surface area is 137 Å². The van der Waals surface area contributed by atoms with Crippen LogP contribution in [0.2, 0.25) is 0 Å². The maximum absolute atomic E-state index is 11.8. The molecule has 0 spiro atoms. The van der Waals surface area contributed by atoms with Gasteiger partial charge in [0, 0.05) is 24.5 Å². The minimum absolute atomic E-state index is 0.0419. The zero-order valence-electron chi connectivity index (χ0n) is 13.5. The third-order valence-corrected chi connectivity index (χ3v) is 4.22. The number of amides is 1. The summed E-state index contributed by atoms with van der Waals surface area (Å²) in [5.74, 6) is 0.811. The number of hydrogen-bond acceptors (Lipinski definition) is 3. The van der Waals surface area contributed by atoms with Crippen molar-refractivity contribution in [2.45, 2.75) is 58.2 Å². The molecule has 1 aromatic heterocycles. The molecule has 0 radical (unpaired) electrons. The van der Waals surface area contributed by atoms with Crippen LogP contribution in [-0.2, 0) is 11.3 Å². The van der Waals surface area contributed by atoms with E-state index in [-0.39, 0.29) is 11.4 Å². The predicted octanol–water partition coefficient (Wildman–Crippen LogP) is 2.42. The Bertz CT molecular complexity index is 513. The van der Waals surface area contributed by atoms with Gasteiger partial charge >= 0.3 is 0 Å². The van der Waals surface area contributed by atoms with Gasteiger partial charge in [0.25, 0.3) is 0 Å². The molecule has 1 aromatic rings. The van der Waals surface area contributed by atoms with E-state index in [4.69, 9.17) is 16.6 Å². The summed E-state index contributed by atoms with van der Waals surface area (Å²) in [6.07, 6.45) is 3.93. The lowest BCUT2D eigenvalue weighted by molar-refractivity contribution is -0.121. The molecule has 0 bridgehead atoms. The SMILES string of the molecule is CC1CC(C)(C)NC(=S)N1CCCC(=O)NCc1ccco1. The first-order valence-electron chi connectivity index (χ1n) is 7.75. The summed E-state index contributed by atoms with van der Waals surface area (Å²) >= 11 is 5.44. The quantitative estimate of drug-likeness (QED) is 0.788. The van der Waals surface area contributed by atoms with E-state index in [0.29, 0.717) is 19.0 Å². The maximum atomic E-state index is 11.8. The van der Waals surface area contributed by atoms with Gasteiger partial charge in [-0.1, -0.05) is 0 Å². The van der Waals surface area contributed by atoms with Gasteiger partial charge in [-0.25, -0.2) is 0 Å². The zero-order chi connectivity index (χ0) is 16.2. The van der Waals surface area contributed by atoms with Crippen molar-refractivity contribution in [3.05, 3.63) is 24.2 Å². The lowest BCUT2D eigenvalue weighted by Gasteiger charge is -2.44. The van der Waals surface area contributed by atoms with Crippen LogP contribution in [0.3, 0.4) is 0 Å². The average molecular weight is 323 g/mol. The van der Waals surface area contributed by atoms with E-state index >= 15 is 0 Å². The first kappa shape index (κ1) is 16.8. The van der Waals surface area contributed by atoms with E-state index in [9.17, 15) is 4.79 Å². The Morgan fingerprint density at radius 3 is 3.00 bits per heavy atom. The van der Waals surface area contributed by atoms with Crippen LogP contribution < -0.4 is 10.6 Å². The molecule has 0 saturated carbocycles. The van der Waals surface area contributed by atoms with E-state index in [1.54, 1.807) is 6.26 Å². The molecule has 1 aliphatic heterocycles. The highest BCUT2D eigenvalue weighted by atomic mass is 32.1. The number of nitrogens with one attached hydrogen (secondary N) is 2. The maximum Gasteiger partial charge on any atom is 0.220 e. The highest BCUT2D eigenvalue weighted by Gasteiger charge is 2.32. The van der Waals surface area contributed by atoms with Crippen molar-refractivity contribution >= 4 is 23.2 Å². The van der Waals surface area contributed by atoms with Gasteiger partial charge < -0.3 is 20.0 Å². The first-order valence-corrected chi connectivity index (χ1v) is 8.16. The molecule has 2 N–H and O–H groups in total. The van der Waals surface area contributed by atoms with Gasteiger partial charge in [-0.2, -0.15) is 0 Å². The number of nitrogens with zero attached hydrogens (tertiary/aromatic N) is 1. The Morgan fingerprint density at radius 2 is 2.36 bits per heavy atom. The molecule has 22 heavy (non-hydrogen) atoms. The van der Waals surface area contributed by atoms with Crippen LogP contribution >= 0.6 is 12.2 Å². The average Bonchev–Trinajstić information content (AvgIpc) is 2.91. The summed E-state index contributed by atoms with van der Waals surface area (Å²) in [5.41, 5.74) is 0.0490. The number of hydrogen-bond donors (Lipinski definition) is 2. The van der Waals surface area contributed by atoms with E-state index < -0.39 is 0 Å². The molecule has 0 aliphatic carbocycles. The highest BCUT2D eigenvalue weighted by Crippen LogP contribution is 2.22. The Morgan fingerprint density at radius 1 is 1.59 bits per heavy atom. The standard InChI is InChI=1S/C16H25N3O2S/c1-12-10-16(2,3)18-15(22)19(12)8-4-7-14(20)17-11-13-6-5-9-21-13/h5-6,9,12H,4,7-8,10-11H2,1-3H3,(H,17,20)(H,18,22). The second kappa shape index (κ2) is 7.13. The van der Waals surface area contributed by atoms with Gasteiger partial charge in [0.05, 0.1) is 12.8 Å². The predicted molar refractivity (Wildman–Crippen MR) is 90.4 cm³/mol. The number of carbonyl (C=O) groups is 1. The van der Waals surface area contributed by atoms with Crippen molar-refractivity contribution in [1.29, 1.82) is 0 Å². The van der Waals surface area contributed by atoms with Crippen LogP contribution in [0.4, 0.5) is 0 Å². The van der Waals surface area contributed by atoms with Crippen molar-refractivity contribution < 1.29 is 9.21 Å². The highest BCUT2D eigenvalue weighted by molar-refractivity contribution is 7.80. The van der Waals surface area contributed by atoms with Crippen molar-refractivity contribution in [3.8, 4) is 0 Å². The molecule has 2 heterocycles. The minimum atomic E-state index is 0.0419. The smallest absolute Gasteiger partial charge is 0.220 e. The molecule has 1 atom stereocenters. The molecule has 5 nitrogen and oxygen atoms in total. The zero-order valence-corrected chi connectivity index (χ0v) is 14.3. The fourth-order valence-corrected chi connectivity index (χ4v) is 3.43. The number of furan rings is 1. The molecule has 1 unspecified atom stereocenters. The van der Waals surface area contributed by atoms with Crippen LogP contribution in [0.25, 0.3) is 0 Å². The van der Waals surface area contributed by atoms with Crippen molar-refractivity contribution in [3.63, 3.8) is 0 Å². The minimum Gasteiger partial charge on any atom is -0.467 e. The van der Waals surface area contributed by atoms with E-state index in [1.807, 2.05) is 12.1 Å². The largest absolute Gasteiger partial charge is 0.467 e. The van der Waals surface area contributed by atoms with Gasteiger partial charge in [-0.05, 0) is 58.0 Å². The third-order valence-electron chi connectivity index (χ3n) is 3.89. The summed E-state index contributed by atoms with van der Waals surface area (Å²) in [6.45, 7) is 7.76. The van der Waals surface area contributed by atoms with E-state index in [2.05, 4.69) is 36.3 Å². The fourth-order valence-electron chi connectivity index (χ4n) is 2.88. The van der Waals surface area contributed by atoms with Gasteiger partial charge in [0.15, 0.2) is 5.11 Å². The van der Waals surface area contributed by atoms with Crippen LogP contribution in [0.1, 0.15) is 45.8 Å². The lowest BCUT2D eigenvalue weighted by atomic mass is 9.93. The van der Waals surface area contributed by atoms with Gasteiger partial charge in [0.1, 0.15) is 5.76 Å². The summed E-state index contributed by atoms with van der Waals surface area (Å²) in [6, 6.07) is 4.06. The fraction of sp³-hybridized carbons (Fsp3) is 0.625. The van der Waals surface area contributed by atoms with Crippen LogP contribution in [0.15, 0.2) is 22.8 Å². The molecule has 0 aromatic carbocycles. The molecule has 1 saturated heterocycles.